The molecule has 3 aromatic heterocycles. The highest BCUT2D eigenvalue weighted by Crippen LogP contribution is 2.38. The Morgan fingerprint density at radius 2 is 0.887 bits per heavy atom. The van der Waals surface area contributed by atoms with Gasteiger partial charge in [-0.05, 0) is 132 Å². The summed E-state index contributed by atoms with van der Waals surface area (Å²) in [5.41, 5.74) is 13.9. The van der Waals surface area contributed by atoms with Gasteiger partial charge < -0.3 is 4.57 Å². The molecule has 8 rings (SSSR count). The number of aromatic nitrogens is 3. The molecule has 0 aliphatic rings. The lowest BCUT2D eigenvalue weighted by Crippen LogP contribution is -2.03. The number of nitrogens with zero attached hydrogens (tertiary/aromatic N) is 3. The van der Waals surface area contributed by atoms with E-state index in [1.165, 1.54) is 155 Å². The van der Waals surface area contributed by atoms with Crippen molar-refractivity contribution in [2.45, 2.75) is 138 Å². The van der Waals surface area contributed by atoms with Crippen LogP contribution >= 0.6 is 0 Å². The second-order valence-electron chi connectivity index (χ2n) is 18.6. The van der Waals surface area contributed by atoms with Crippen molar-refractivity contribution in [3.63, 3.8) is 0 Å². The summed E-state index contributed by atoms with van der Waals surface area (Å²) < 4.78 is 4.88. The van der Waals surface area contributed by atoms with Crippen molar-refractivity contribution in [2.75, 3.05) is 0 Å². The van der Waals surface area contributed by atoms with Crippen molar-refractivity contribution in [1.29, 1.82) is 0 Å². The summed E-state index contributed by atoms with van der Waals surface area (Å²) in [5.74, 6) is 2.22. The van der Waals surface area contributed by atoms with Crippen LogP contribution in [-0.2, 0) is 19.3 Å². The molecule has 0 spiro atoms. The van der Waals surface area contributed by atoms with Crippen LogP contribution in [0.15, 0.2) is 121 Å². The average molecular weight is 822 g/mol. The summed E-state index contributed by atoms with van der Waals surface area (Å²) in [6, 6.07) is 44.5. The Labute approximate surface area is 372 Å². The second kappa shape index (κ2) is 20.4. The van der Waals surface area contributed by atoms with Crippen LogP contribution in [0.4, 0.5) is 0 Å². The molecule has 3 atom stereocenters. The fourth-order valence-electron chi connectivity index (χ4n) is 10.4. The topological polar surface area (TPSA) is 22.8 Å². The molecule has 62 heavy (non-hydrogen) atoms. The molecular formula is C59H71N3. The molecule has 3 heteroatoms. The van der Waals surface area contributed by atoms with Gasteiger partial charge >= 0.3 is 0 Å². The van der Waals surface area contributed by atoms with Crippen LogP contribution in [0.25, 0.3) is 66.2 Å². The molecule has 3 unspecified atom stereocenters. The molecule has 8 aromatic rings. The summed E-state index contributed by atoms with van der Waals surface area (Å²) in [6.45, 7) is 14.0. The number of rotatable bonds is 21. The van der Waals surface area contributed by atoms with Crippen LogP contribution < -0.4 is 0 Å². The van der Waals surface area contributed by atoms with Crippen molar-refractivity contribution >= 4 is 43.7 Å². The van der Waals surface area contributed by atoms with E-state index in [9.17, 15) is 0 Å². The zero-order valence-electron chi connectivity index (χ0n) is 38.7. The third kappa shape index (κ3) is 9.29. The monoisotopic (exact) mass is 822 g/mol. The van der Waals surface area contributed by atoms with E-state index in [0.29, 0.717) is 0 Å². The number of unbranched alkanes of at least 4 members (excludes halogenated alkanes) is 3. The molecule has 0 amide bonds. The lowest BCUT2D eigenvalue weighted by Gasteiger charge is -2.15. The number of hydrogen-bond acceptors (Lipinski definition) is 1. The quantitative estimate of drug-likeness (QED) is 0.0708. The maximum atomic E-state index is 5.03. The van der Waals surface area contributed by atoms with Gasteiger partial charge in [0.15, 0.2) is 0 Å². The first kappa shape index (κ1) is 43.5. The number of hydrogen-bond donors (Lipinski definition) is 0. The van der Waals surface area contributed by atoms with Gasteiger partial charge in [-0.15, -0.1) is 0 Å². The van der Waals surface area contributed by atoms with Gasteiger partial charge in [0.2, 0.25) is 0 Å². The van der Waals surface area contributed by atoms with Crippen molar-refractivity contribution in [3.8, 4) is 22.5 Å². The number of fused-ring (bicyclic) bond motifs is 6. The first-order valence-corrected chi connectivity index (χ1v) is 24.6. The van der Waals surface area contributed by atoms with Gasteiger partial charge in [0.05, 0.1) is 16.6 Å². The summed E-state index contributed by atoms with van der Waals surface area (Å²) in [7, 11) is 0. The molecule has 0 bridgehead atoms. The van der Waals surface area contributed by atoms with E-state index in [1.807, 2.05) is 6.20 Å². The van der Waals surface area contributed by atoms with Crippen LogP contribution in [-0.4, -0.2) is 14.1 Å². The van der Waals surface area contributed by atoms with Gasteiger partial charge in [-0.2, -0.15) is 0 Å². The van der Waals surface area contributed by atoms with Crippen LogP contribution in [0, 0.1) is 17.8 Å². The Balaban J connectivity index is 1.19. The van der Waals surface area contributed by atoms with Crippen LogP contribution in [0.2, 0.25) is 0 Å². The number of pyridine rings is 1. The predicted octanol–water partition coefficient (Wildman–Crippen LogP) is 17.2. The van der Waals surface area contributed by atoms with Gasteiger partial charge in [0.25, 0.3) is 0 Å². The molecule has 0 saturated carbocycles. The lowest BCUT2D eigenvalue weighted by molar-refractivity contribution is 0.449. The minimum absolute atomic E-state index is 0.729. The van der Waals surface area contributed by atoms with Crippen molar-refractivity contribution in [1.82, 2.24) is 14.1 Å². The molecule has 0 saturated heterocycles. The summed E-state index contributed by atoms with van der Waals surface area (Å²) in [5, 5.41) is 5.16. The van der Waals surface area contributed by atoms with E-state index in [0.717, 1.165) is 41.9 Å². The zero-order chi connectivity index (χ0) is 43.0. The Kier molecular flexibility index (Phi) is 14.3. The van der Waals surface area contributed by atoms with Gasteiger partial charge in [0.1, 0.15) is 5.65 Å². The average Bonchev–Trinajstić information content (AvgIpc) is 3.82. The summed E-state index contributed by atoms with van der Waals surface area (Å²) in [4.78, 5) is 5.03. The molecule has 0 aliphatic carbocycles. The van der Waals surface area contributed by atoms with Crippen molar-refractivity contribution < 1.29 is 0 Å². The van der Waals surface area contributed by atoms with Crippen molar-refractivity contribution in [3.05, 3.63) is 138 Å². The van der Waals surface area contributed by atoms with E-state index < -0.39 is 0 Å². The Morgan fingerprint density at radius 3 is 1.44 bits per heavy atom. The van der Waals surface area contributed by atoms with E-state index in [4.69, 9.17) is 4.98 Å². The maximum Gasteiger partial charge on any atom is 0.145 e. The van der Waals surface area contributed by atoms with Crippen LogP contribution in [0.3, 0.4) is 0 Å². The molecule has 322 valence electrons. The largest absolute Gasteiger partial charge is 0.309 e. The molecular weight excluding hydrogens is 751 g/mol. The zero-order valence-corrected chi connectivity index (χ0v) is 38.7. The fraction of sp³-hybridized carbons (Fsp3) is 0.407. The molecule has 3 heterocycles. The standard InChI is InChI=1S/C59H71N3/c1-7-13-18-42(10-4)35-45-24-28-48(29-25-45)49-30-33-58-55(40-49)52-23-17-34-60-59(52)62(58)51-22-16-21-50(41-51)61-56-31-26-46(36-43(11-5)19-14-8-2)38-53(56)54-39-47(27-32-57(54)61)37-44(12-6)20-15-9-3/h16-17,21-34,38-44H,7-15,18-20,35-37H2,1-6H3. The van der Waals surface area contributed by atoms with E-state index in [1.54, 1.807) is 0 Å². The second-order valence-corrected chi connectivity index (χ2v) is 18.6. The molecule has 3 nitrogen and oxygen atoms in total. The lowest BCUT2D eigenvalue weighted by atomic mass is 9.90. The predicted molar refractivity (Wildman–Crippen MR) is 269 cm³/mol. The minimum Gasteiger partial charge on any atom is -0.309 e. The molecule has 0 radical (unpaired) electrons. The van der Waals surface area contributed by atoms with Gasteiger partial charge in [-0.25, -0.2) is 4.98 Å². The highest BCUT2D eigenvalue weighted by atomic mass is 15.1. The smallest absolute Gasteiger partial charge is 0.145 e. The van der Waals surface area contributed by atoms with E-state index in [-0.39, 0.29) is 0 Å². The Hall–Kier alpha value is -5.15. The molecule has 0 N–H and O–H groups in total. The molecule has 5 aromatic carbocycles. The van der Waals surface area contributed by atoms with E-state index >= 15 is 0 Å². The third-order valence-electron chi connectivity index (χ3n) is 14.3. The van der Waals surface area contributed by atoms with Crippen molar-refractivity contribution in [2.24, 2.45) is 17.8 Å². The van der Waals surface area contributed by atoms with Gasteiger partial charge in [0, 0.05) is 39.1 Å². The minimum atomic E-state index is 0.729. The summed E-state index contributed by atoms with van der Waals surface area (Å²) >= 11 is 0. The third-order valence-corrected chi connectivity index (χ3v) is 14.3. The van der Waals surface area contributed by atoms with Gasteiger partial charge in [-0.1, -0.05) is 167 Å². The highest BCUT2D eigenvalue weighted by Gasteiger charge is 2.19. The Bertz CT molecular complexity index is 2630. The Morgan fingerprint density at radius 1 is 0.419 bits per heavy atom. The number of benzene rings is 5. The molecule has 0 fully saturated rings. The maximum absolute atomic E-state index is 5.03. The van der Waals surface area contributed by atoms with Crippen LogP contribution in [0.1, 0.15) is 135 Å². The normalized spacial score (nSPS) is 13.5. The first-order valence-electron chi connectivity index (χ1n) is 24.6. The SMILES string of the molecule is CCCCC(CC)Cc1ccc(-c2ccc3c(c2)c2cccnc2n3-c2cccc(-n3c4ccc(CC(CC)CCCC)cc4c4cc(CC(CC)CCCC)ccc43)c2)cc1. The summed E-state index contributed by atoms with van der Waals surface area (Å²) in [6.07, 6.45) is 20.8. The fourth-order valence-corrected chi connectivity index (χ4v) is 10.4. The van der Waals surface area contributed by atoms with E-state index in [2.05, 4.69) is 166 Å². The van der Waals surface area contributed by atoms with Gasteiger partial charge in [-0.3, -0.25) is 4.57 Å². The first-order chi connectivity index (χ1) is 30.5. The highest BCUT2D eigenvalue weighted by molar-refractivity contribution is 6.11. The van der Waals surface area contributed by atoms with Crippen LogP contribution in [0.5, 0.6) is 0 Å². The molecule has 0 aliphatic heterocycles.